The highest BCUT2D eigenvalue weighted by atomic mass is 15.1. The quantitative estimate of drug-likeness (QED) is 0.787. The molecule has 2 aromatic rings. The minimum absolute atomic E-state index is 0.531. The largest absolute Gasteiger partial charge is 0.382 e. The molecule has 1 saturated carbocycles. The minimum atomic E-state index is 0.531. The van der Waals surface area contributed by atoms with Crippen molar-refractivity contribution in [3.8, 4) is 11.3 Å². The number of aromatic amines is 1. The van der Waals surface area contributed by atoms with Crippen molar-refractivity contribution in [3.05, 3.63) is 36.5 Å². The summed E-state index contributed by atoms with van der Waals surface area (Å²) < 4.78 is 0. The fourth-order valence-electron chi connectivity index (χ4n) is 2.89. The lowest BCUT2D eigenvalue weighted by molar-refractivity contribution is 0.516. The van der Waals surface area contributed by atoms with Gasteiger partial charge in [0.05, 0.1) is 5.69 Å². The van der Waals surface area contributed by atoms with Crippen LogP contribution in [-0.4, -0.2) is 22.8 Å². The molecule has 1 aromatic carbocycles. The SMILES string of the molecule is NCC1CCCC1Nc1ccc(-c2ccn[nH]2)cc1. The van der Waals surface area contributed by atoms with Crippen molar-refractivity contribution in [2.24, 2.45) is 11.7 Å². The first-order valence-corrected chi connectivity index (χ1v) is 6.93. The van der Waals surface area contributed by atoms with Crippen molar-refractivity contribution < 1.29 is 0 Å². The van der Waals surface area contributed by atoms with E-state index in [2.05, 4.69) is 39.8 Å². The van der Waals surface area contributed by atoms with Crippen molar-refractivity contribution >= 4 is 5.69 Å². The number of aromatic nitrogens is 2. The van der Waals surface area contributed by atoms with Gasteiger partial charge in [-0.2, -0.15) is 5.10 Å². The summed E-state index contributed by atoms with van der Waals surface area (Å²) in [5, 5.41) is 10.6. The molecule has 4 nitrogen and oxygen atoms in total. The summed E-state index contributed by atoms with van der Waals surface area (Å²) in [4.78, 5) is 0. The maximum atomic E-state index is 5.82. The molecule has 1 aliphatic rings. The number of H-pyrrole nitrogens is 1. The van der Waals surface area contributed by atoms with Crippen LogP contribution in [0.1, 0.15) is 19.3 Å². The Morgan fingerprint density at radius 2 is 2.05 bits per heavy atom. The Hall–Kier alpha value is -1.81. The number of anilines is 1. The van der Waals surface area contributed by atoms with Gasteiger partial charge in [0.1, 0.15) is 0 Å². The number of nitrogens with one attached hydrogen (secondary N) is 2. The topological polar surface area (TPSA) is 66.7 Å². The van der Waals surface area contributed by atoms with E-state index < -0.39 is 0 Å². The van der Waals surface area contributed by atoms with Gasteiger partial charge in [-0.25, -0.2) is 0 Å². The second-order valence-corrected chi connectivity index (χ2v) is 5.23. The van der Waals surface area contributed by atoms with Gasteiger partial charge in [0.2, 0.25) is 0 Å². The minimum Gasteiger partial charge on any atom is -0.382 e. The Labute approximate surface area is 113 Å². The lowest BCUT2D eigenvalue weighted by Crippen LogP contribution is -2.29. The maximum Gasteiger partial charge on any atom is 0.0650 e. The standard InChI is InChI=1S/C15H20N4/c16-10-12-2-1-3-14(12)18-13-6-4-11(5-7-13)15-8-9-17-19-15/h4-9,12,14,18H,1-3,10,16H2,(H,17,19). The van der Waals surface area contributed by atoms with Crippen molar-refractivity contribution in [2.75, 3.05) is 11.9 Å². The Balaban J connectivity index is 1.69. The van der Waals surface area contributed by atoms with Gasteiger partial charge >= 0.3 is 0 Å². The van der Waals surface area contributed by atoms with E-state index in [0.717, 1.165) is 17.8 Å². The Morgan fingerprint density at radius 1 is 1.21 bits per heavy atom. The van der Waals surface area contributed by atoms with E-state index in [9.17, 15) is 0 Å². The van der Waals surface area contributed by atoms with Gasteiger partial charge in [0, 0.05) is 17.9 Å². The van der Waals surface area contributed by atoms with E-state index in [1.807, 2.05) is 6.07 Å². The summed E-state index contributed by atoms with van der Waals surface area (Å²) in [6.07, 6.45) is 5.53. The first kappa shape index (κ1) is 12.2. The zero-order valence-electron chi connectivity index (χ0n) is 11.0. The molecule has 0 radical (unpaired) electrons. The molecule has 1 aliphatic carbocycles. The third kappa shape index (κ3) is 2.63. The first-order valence-electron chi connectivity index (χ1n) is 6.93. The summed E-state index contributed by atoms with van der Waals surface area (Å²) in [5.41, 5.74) is 9.20. The Kier molecular flexibility index (Phi) is 3.51. The number of hydrogen-bond acceptors (Lipinski definition) is 3. The highest BCUT2D eigenvalue weighted by Gasteiger charge is 2.25. The molecule has 2 unspecified atom stereocenters. The number of hydrogen-bond donors (Lipinski definition) is 3. The highest BCUT2D eigenvalue weighted by Crippen LogP contribution is 2.28. The zero-order chi connectivity index (χ0) is 13.1. The average molecular weight is 256 g/mol. The number of nitrogens with two attached hydrogens (primary N) is 1. The fourth-order valence-corrected chi connectivity index (χ4v) is 2.89. The molecule has 0 spiro atoms. The second kappa shape index (κ2) is 5.45. The highest BCUT2D eigenvalue weighted by molar-refractivity contribution is 5.62. The van der Waals surface area contributed by atoms with Crippen LogP contribution in [0.2, 0.25) is 0 Å². The lowest BCUT2D eigenvalue weighted by Gasteiger charge is -2.20. The predicted molar refractivity (Wildman–Crippen MR) is 77.8 cm³/mol. The van der Waals surface area contributed by atoms with E-state index in [-0.39, 0.29) is 0 Å². The average Bonchev–Trinajstić information content (AvgIpc) is 3.10. The van der Waals surface area contributed by atoms with Crippen LogP contribution in [0.3, 0.4) is 0 Å². The van der Waals surface area contributed by atoms with Gasteiger partial charge in [0.15, 0.2) is 0 Å². The maximum absolute atomic E-state index is 5.82. The summed E-state index contributed by atoms with van der Waals surface area (Å²) in [7, 11) is 0. The molecule has 1 aromatic heterocycles. The molecule has 0 bridgehead atoms. The lowest BCUT2D eigenvalue weighted by atomic mass is 10.0. The van der Waals surface area contributed by atoms with Gasteiger partial charge < -0.3 is 11.1 Å². The molecular formula is C15H20N4. The molecule has 3 rings (SSSR count). The summed E-state index contributed by atoms with van der Waals surface area (Å²) in [5.74, 6) is 0.618. The molecular weight excluding hydrogens is 236 g/mol. The summed E-state index contributed by atoms with van der Waals surface area (Å²) in [6, 6.07) is 11.0. The van der Waals surface area contributed by atoms with Crippen molar-refractivity contribution in [3.63, 3.8) is 0 Å². The zero-order valence-corrected chi connectivity index (χ0v) is 11.0. The fraction of sp³-hybridized carbons (Fsp3) is 0.400. The molecule has 1 heterocycles. The molecule has 0 amide bonds. The monoisotopic (exact) mass is 256 g/mol. The van der Waals surface area contributed by atoms with Crippen LogP contribution in [0, 0.1) is 5.92 Å². The first-order chi connectivity index (χ1) is 9.36. The van der Waals surface area contributed by atoms with Gasteiger partial charge in [-0.1, -0.05) is 18.6 Å². The number of rotatable bonds is 4. The molecule has 4 N–H and O–H groups in total. The summed E-state index contributed by atoms with van der Waals surface area (Å²) >= 11 is 0. The Morgan fingerprint density at radius 3 is 2.74 bits per heavy atom. The van der Waals surface area contributed by atoms with Crippen LogP contribution in [0.15, 0.2) is 36.5 Å². The van der Waals surface area contributed by atoms with E-state index in [1.54, 1.807) is 6.20 Å². The molecule has 1 fully saturated rings. The van der Waals surface area contributed by atoms with Crippen LogP contribution in [0.5, 0.6) is 0 Å². The van der Waals surface area contributed by atoms with Crippen LogP contribution in [0.25, 0.3) is 11.3 Å². The molecule has 19 heavy (non-hydrogen) atoms. The number of benzene rings is 1. The molecule has 0 aliphatic heterocycles. The summed E-state index contributed by atoms with van der Waals surface area (Å²) in [6.45, 7) is 0.782. The van der Waals surface area contributed by atoms with Crippen molar-refractivity contribution in [1.29, 1.82) is 0 Å². The smallest absolute Gasteiger partial charge is 0.0650 e. The van der Waals surface area contributed by atoms with E-state index in [4.69, 9.17) is 5.73 Å². The van der Waals surface area contributed by atoms with Gasteiger partial charge in [-0.05, 0) is 49.1 Å². The third-order valence-electron chi connectivity index (χ3n) is 4.01. The van der Waals surface area contributed by atoms with Gasteiger partial charge in [-0.15, -0.1) is 0 Å². The molecule has 0 saturated heterocycles. The molecule has 2 atom stereocenters. The molecule has 4 heteroatoms. The predicted octanol–water partition coefficient (Wildman–Crippen LogP) is 2.62. The van der Waals surface area contributed by atoms with Crippen LogP contribution in [-0.2, 0) is 0 Å². The number of nitrogens with zero attached hydrogens (tertiary/aromatic N) is 1. The Bertz CT molecular complexity index is 503. The van der Waals surface area contributed by atoms with E-state index in [0.29, 0.717) is 12.0 Å². The van der Waals surface area contributed by atoms with Crippen LogP contribution < -0.4 is 11.1 Å². The third-order valence-corrected chi connectivity index (χ3v) is 4.01. The van der Waals surface area contributed by atoms with E-state index >= 15 is 0 Å². The van der Waals surface area contributed by atoms with Crippen LogP contribution in [0.4, 0.5) is 5.69 Å². The van der Waals surface area contributed by atoms with E-state index in [1.165, 1.54) is 24.9 Å². The van der Waals surface area contributed by atoms with Crippen LogP contribution >= 0.6 is 0 Å². The van der Waals surface area contributed by atoms with Crippen molar-refractivity contribution in [2.45, 2.75) is 25.3 Å². The normalized spacial score (nSPS) is 22.6. The van der Waals surface area contributed by atoms with Gasteiger partial charge in [0.25, 0.3) is 0 Å². The van der Waals surface area contributed by atoms with Crippen molar-refractivity contribution in [1.82, 2.24) is 10.2 Å². The van der Waals surface area contributed by atoms with Gasteiger partial charge in [-0.3, -0.25) is 5.10 Å². The molecule has 100 valence electrons. The second-order valence-electron chi connectivity index (χ2n) is 5.23.